The van der Waals surface area contributed by atoms with Crippen LogP contribution in [-0.2, 0) is 0 Å². The highest BCUT2D eigenvalue weighted by Gasteiger charge is 2.21. The maximum absolute atomic E-state index is 13.2. The van der Waals surface area contributed by atoms with E-state index < -0.39 is 6.17 Å². The van der Waals surface area contributed by atoms with E-state index in [1.165, 1.54) is 12.8 Å². The first-order valence-electron chi connectivity index (χ1n) is 4.72. The highest BCUT2D eigenvalue weighted by molar-refractivity contribution is 4.79. The van der Waals surface area contributed by atoms with Crippen LogP contribution in [0.25, 0.3) is 0 Å². The van der Waals surface area contributed by atoms with Crippen LogP contribution in [0.1, 0.15) is 39.0 Å². The van der Waals surface area contributed by atoms with Crippen molar-refractivity contribution in [3.63, 3.8) is 0 Å². The average molecular weight is 159 g/mol. The van der Waals surface area contributed by atoms with Crippen LogP contribution in [0.3, 0.4) is 0 Å². The second-order valence-electron chi connectivity index (χ2n) is 3.36. The van der Waals surface area contributed by atoms with Gasteiger partial charge in [-0.15, -0.1) is 0 Å². The molecule has 0 bridgehead atoms. The van der Waals surface area contributed by atoms with E-state index in [0.29, 0.717) is 0 Å². The average Bonchev–Trinajstić information content (AvgIpc) is 2.07. The molecule has 1 rings (SSSR count). The summed E-state index contributed by atoms with van der Waals surface area (Å²) in [5.74, 6) is 0. The summed E-state index contributed by atoms with van der Waals surface area (Å²) in [5.41, 5.74) is 0. The van der Waals surface area contributed by atoms with Gasteiger partial charge in [0, 0.05) is 6.04 Å². The maximum Gasteiger partial charge on any atom is 0.115 e. The minimum atomic E-state index is -0.611. The Bertz CT molecular complexity index is 99.7. The number of nitrogens with one attached hydrogen (secondary N) is 1. The summed E-state index contributed by atoms with van der Waals surface area (Å²) in [7, 11) is 0. The monoisotopic (exact) mass is 159 g/mol. The Labute approximate surface area is 68.4 Å². The molecule has 1 heterocycles. The predicted octanol–water partition coefficient (Wildman–Crippen LogP) is 2.27. The number of piperidine rings is 1. The van der Waals surface area contributed by atoms with E-state index in [2.05, 4.69) is 5.32 Å². The molecular weight excluding hydrogens is 141 g/mol. The van der Waals surface area contributed by atoms with Gasteiger partial charge in [0.25, 0.3) is 0 Å². The maximum atomic E-state index is 13.2. The van der Waals surface area contributed by atoms with Crippen molar-refractivity contribution in [2.45, 2.75) is 51.2 Å². The Morgan fingerprint density at radius 2 is 2.36 bits per heavy atom. The molecule has 1 aliphatic heterocycles. The van der Waals surface area contributed by atoms with Crippen LogP contribution in [0.15, 0.2) is 0 Å². The van der Waals surface area contributed by atoms with Crippen molar-refractivity contribution in [2.75, 3.05) is 6.54 Å². The van der Waals surface area contributed by atoms with E-state index in [-0.39, 0.29) is 6.04 Å². The number of alkyl halides is 1. The van der Waals surface area contributed by atoms with Gasteiger partial charge in [0.2, 0.25) is 0 Å². The van der Waals surface area contributed by atoms with Crippen molar-refractivity contribution in [2.24, 2.45) is 0 Å². The van der Waals surface area contributed by atoms with Gasteiger partial charge in [-0.3, -0.25) is 0 Å². The third kappa shape index (κ3) is 2.78. The normalized spacial score (nSPS) is 28.4. The first-order chi connectivity index (χ1) is 5.34. The molecule has 0 spiro atoms. The smallest absolute Gasteiger partial charge is 0.115 e. The van der Waals surface area contributed by atoms with Crippen LogP contribution in [0.2, 0.25) is 0 Å². The lowest BCUT2D eigenvalue weighted by molar-refractivity contribution is 0.205. The Balaban J connectivity index is 2.21. The summed E-state index contributed by atoms with van der Waals surface area (Å²) in [4.78, 5) is 0. The molecule has 0 radical (unpaired) electrons. The van der Waals surface area contributed by atoms with Crippen molar-refractivity contribution in [1.82, 2.24) is 5.32 Å². The Hall–Kier alpha value is -0.110. The molecule has 1 nitrogen and oxygen atoms in total. The molecule has 0 aromatic carbocycles. The summed E-state index contributed by atoms with van der Waals surface area (Å²) in [6, 6.07) is 0.156. The number of rotatable bonds is 3. The second-order valence-corrected chi connectivity index (χ2v) is 3.36. The van der Waals surface area contributed by atoms with Crippen molar-refractivity contribution < 1.29 is 4.39 Å². The highest BCUT2D eigenvalue weighted by atomic mass is 19.1. The molecule has 2 unspecified atom stereocenters. The van der Waals surface area contributed by atoms with E-state index >= 15 is 0 Å². The molecule has 0 aliphatic carbocycles. The Kier molecular flexibility index (Phi) is 3.84. The van der Waals surface area contributed by atoms with Crippen LogP contribution in [0.5, 0.6) is 0 Å². The van der Waals surface area contributed by atoms with Crippen molar-refractivity contribution in [3.8, 4) is 0 Å². The van der Waals surface area contributed by atoms with E-state index in [0.717, 1.165) is 25.8 Å². The Morgan fingerprint density at radius 1 is 1.55 bits per heavy atom. The summed E-state index contributed by atoms with van der Waals surface area (Å²) in [6.07, 6.45) is 4.51. The number of halogens is 1. The lowest BCUT2D eigenvalue weighted by Crippen LogP contribution is -2.41. The van der Waals surface area contributed by atoms with E-state index in [4.69, 9.17) is 0 Å². The second kappa shape index (κ2) is 4.70. The minimum Gasteiger partial charge on any atom is -0.311 e. The fourth-order valence-corrected chi connectivity index (χ4v) is 1.66. The summed E-state index contributed by atoms with van der Waals surface area (Å²) >= 11 is 0. The first-order valence-corrected chi connectivity index (χ1v) is 4.72. The molecule has 0 aromatic heterocycles. The third-order valence-electron chi connectivity index (χ3n) is 2.35. The van der Waals surface area contributed by atoms with Gasteiger partial charge in [0.05, 0.1) is 0 Å². The molecule has 0 amide bonds. The predicted molar refractivity (Wildman–Crippen MR) is 45.4 cm³/mol. The van der Waals surface area contributed by atoms with Gasteiger partial charge in [-0.05, 0) is 25.8 Å². The molecule has 0 saturated carbocycles. The molecule has 1 aliphatic rings. The largest absolute Gasteiger partial charge is 0.311 e. The zero-order chi connectivity index (χ0) is 8.10. The topological polar surface area (TPSA) is 12.0 Å². The summed E-state index contributed by atoms with van der Waals surface area (Å²) in [5, 5.41) is 3.23. The van der Waals surface area contributed by atoms with E-state index in [1.54, 1.807) is 0 Å². The zero-order valence-electron chi connectivity index (χ0n) is 7.28. The molecule has 2 atom stereocenters. The molecule has 1 saturated heterocycles. The van der Waals surface area contributed by atoms with Gasteiger partial charge < -0.3 is 5.32 Å². The molecule has 1 N–H and O–H groups in total. The van der Waals surface area contributed by atoms with Crippen LogP contribution < -0.4 is 5.32 Å². The fraction of sp³-hybridized carbons (Fsp3) is 1.00. The van der Waals surface area contributed by atoms with Gasteiger partial charge >= 0.3 is 0 Å². The van der Waals surface area contributed by atoms with Gasteiger partial charge in [-0.2, -0.15) is 0 Å². The first kappa shape index (κ1) is 8.98. The molecular formula is C9H18FN. The number of hydrogen-bond donors (Lipinski definition) is 1. The minimum absolute atomic E-state index is 0.156. The molecule has 66 valence electrons. The van der Waals surface area contributed by atoms with Crippen LogP contribution in [0.4, 0.5) is 4.39 Å². The molecule has 0 aromatic rings. The van der Waals surface area contributed by atoms with Crippen LogP contribution in [0, 0.1) is 0 Å². The van der Waals surface area contributed by atoms with Gasteiger partial charge in [-0.1, -0.05) is 19.8 Å². The Morgan fingerprint density at radius 3 is 2.91 bits per heavy atom. The van der Waals surface area contributed by atoms with Gasteiger partial charge in [-0.25, -0.2) is 4.39 Å². The van der Waals surface area contributed by atoms with Gasteiger partial charge in [0.15, 0.2) is 0 Å². The van der Waals surface area contributed by atoms with Crippen molar-refractivity contribution >= 4 is 0 Å². The molecule has 2 heteroatoms. The summed E-state index contributed by atoms with van der Waals surface area (Å²) < 4.78 is 13.2. The summed E-state index contributed by atoms with van der Waals surface area (Å²) in [6.45, 7) is 3.05. The molecule has 11 heavy (non-hydrogen) atoms. The van der Waals surface area contributed by atoms with Crippen molar-refractivity contribution in [3.05, 3.63) is 0 Å². The lowest BCUT2D eigenvalue weighted by atomic mass is 9.98. The molecule has 1 fully saturated rings. The van der Waals surface area contributed by atoms with E-state index in [1.807, 2.05) is 6.92 Å². The fourth-order valence-electron chi connectivity index (χ4n) is 1.66. The zero-order valence-corrected chi connectivity index (χ0v) is 7.28. The van der Waals surface area contributed by atoms with Crippen LogP contribution in [-0.4, -0.2) is 18.8 Å². The van der Waals surface area contributed by atoms with Gasteiger partial charge in [0.1, 0.15) is 6.17 Å². The SMILES string of the molecule is CCCC(F)C1CCCCN1. The van der Waals surface area contributed by atoms with Crippen molar-refractivity contribution in [1.29, 1.82) is 0 Å². The van der Waals surface area contributed by atoms with Crippen LogP contribution >= 0.6 is 0 Å². The number of hydrogen-bond acceptors (Lipinski definition) is 1. The quantitative estimate of drug-likeness (QED) is 0.666. The van der Waals surface area contributed by atoms with E-state index in [9.17, 15) is 4.39 Å². The lowest BCUT2D eigenvalue weighted by Gasteiger charge is -2.26. The standard InChI is InChI=1S/C9H18FN/c1-2-5-8(10)9-6-3-4-7-11-9/h8-9,11H,2-7H2,1H3. The third-order valence-corrected chi connectivity index (χ3v) is 2.35. The highest BCUT2D eigenvalue weighted by Crippen LogP contribution is 2.15.